The summed E-state index contributed by atoms with van der Waals surface area (Å²) in [7, 11) is 3.31. The Morgan fingerprint density at radius 2 is 1.48 bits per heavy atom. The number of fused-ring (bicyclic) bond motifs is 1. The molecule has 1 aliphatic rings. The minimum Gasteiger partial charge on any atom is -0.342 e. The lowest BCUT2D eigenvalue weighted by atomic mass is 9.96. The van der Waals surface area contributed by atoms with E-state index in [9.17, 15) is 9.59 Å². The average molecular weight is 365 g/mol. The highest BCUT2D eigenvalue weighted by Crippen LogP contribution is 2.35. The van der Waals surface area contributed by atoms with E-state index in [4.69, 9.17) is 0 Å². The molecule has 0 aliphatic heterocycles. The molecule has 0 N–H and O–H groups in total. The molecule has 142 valence electrons. The zero-order valence-corrected chi connectivity index (χ0v) is 16.1. The van der Waals surface area contributed by atoms with E-state index in [2.05, 4.69) is 16.7 Å². The molecule has 1 aliphatic carbocycles. The van der Waals surface area contributed by atoms with Gasteiger partial charge in [-0.15, -0.1) is 0 Å². The third-order valence-corrected chi connectivity index (χ3v) is 5.98. The third kappa shape index (κ3) is 3.05. The lowest BCUT2D eigenvalue weighted by Gasteiger charge is -2.24. The standard InChI is InChI=1S/C22H27N3O2/c1-23-18-15-25(17-13-9-4-3-5-10-14-17)20(16-11-7-6-8-12-16)19(18)21(26)24(2)22(23)27/h6-8,11-12,15,17H,3-5,9-10,13-14H2,1-2H3. The Labute approximate surface area is 158 Å². The lowest BCUT2D eigenvalue weighted by Crippen LogP contribution is -2.36. The van der Waals surface area contributed by atoms with Gasteiger partial charge in [0.15, 0.2) is 0 Å². The second kappa shape index (κ2) is 7.22. The van der Waals surface area contributed by atoms with E-state index >= 15 is 0 Å². The fraction of sp³-hybridized carbons (Fsp3) is 0.455. The SMILES string of the molecule is Cn1c(=O)c2c(-c3ccccc3)n(C3CCCCCCC3)cc2n(C)c1=O. The molecule has 1 fully saturated rings. The Morgan fingerprint density at radius 1 is 0.852 bits per heavy atom. The Kier molecular flexibility index (Phi) is 4.77. The number of nitrogens with zero attached hydrogens (tertiary/aromatic N) is 3. The highest BCUT2D eigenvalue weighted by molar-refractivity contribution is 5.93. The molecule has 5 nitrogen and oxygen atoms in total. The number of rotatable bonds is 2. The van der Waals surface area contributed by atoms with Crippen LogP contribution in [0.2, 0.25) is 0 Å². The number of aromatic nitrogens is 3. The van der Waals surface area contributed by atoms with E-state index in [1.165, 1.54) is 36.7 Å². The minimum absolute atomic E-state index is 0.212. The fourth-order valence-electron chi connectivity index (χ4n) is 4.45. The summed E-state index contributed by atoms with van der Waals surface area (Å²) in [5.74, 6) is 0. The van der Waals surface area contributed by atoms with Crippen LogP contribution in [0, 0.1) is 0 Å². The maximum Gasteiger partial charge on any atom is 0.330 e. The molecule has 0 amide bonds. The van der Waals surface area contributed by atoms with Gasteiger partial charge in [-0.3, -0.25) is 13.9 Å². The molecular formula is C22H27N3O2. The van der Waals surface area contributed by atoms with Crippen molar-refractivity contribution in [3.8, 4) is 11.3 Å². The van der Waals surface area contributed by atoms with E-state index in [-0.39, 0.29) is 11.2 Å². The van der Waals surface area contributed by atoms with Crippen molar-refractivity contribution in [1.29, 1.82) is 0 Å². The van der Waals surface area contributed by atoms with Crippen molar-refractivity contribution < 1.29 is 0 Å². The van der Waals surface area contributed by atoms with Gasteiger partial charge in [0.05, 0.1) is 16.6 Å². The van der Waals surface area contributed by atoms with Crippen LogP contribution in [0.5, 0.6) is 0 Å². The van der Waals surface area contributed by atoms with Gasteiger partial charge in [0.25, 0.3) is 5.56 Å². The molecule has 1 saturated carbocycles. The smallest absolute Gasteiger partial charge is 0.330 e. The van der Waals surface area contributed by atoms with Gasteiger partial charge < -0.3 is 4.57 Å². The molecule has 0 spiro atoms. The van der Waals surface area contributed by atoms with Crippen LogP contribution in [-0.4, -0.2) is 13.7 Å². The first-order chi connectivity index (χ1) is 13.1. The van der Waals surface area contributed by atoms with Gasteiger partial charge in [-0.1, -0.05) is 62.4 Å². The predicted molar refractivity (Wildman–Crippen MR) is 109 cm³/mol. The summed E-state index contributed by atoms with van der Waals surface area (Å²) in [6, 6.07) is 10.5. The maximum absolute atomic E-state index is 13.1. The molecule has 4 rings (SSSR count). The van der Waals surface area contributed by atoms with E-state index in [1.54, 1.807) is 18.7 Å². The maximum atomic E-state index is 13.1. The van der Waals surface area contributed by atoms with Crippen LogP contribution in [0.1, 0.15) is 51.0 Å². The molecular weight excluding hydrogens is 338 g/mol. The molecule has 2 aromatic heterocycles. The van der Waals surface area contributed by atoms with E-state index in [0.29, 0.717) is 11.4 Å². The lowest BCUT2D eigenvalue weighted by molar-refractivity contribution is 0.375. The van der Waals surface area contributed by atoms with E-state index < -0.39 is 0 Å². The van der Waals surface area contributed by atoms with Crippen LogP contribution in [0.25, 0.3) is 22.2 Å². The third-order valence-electron chi connectivity index (χ3n) is 5.98. The summed E-state index contributed by atoms with van der Waals surface area (Å²) in [5, 5.41) is 0.646. The van der Waals surface area contributed by atoms with Crippen LogP contribution in [0.15, 0.2) is 46.1 Å². The Balaban J connectivity index is 2.03. The van der Waals surface area contributed by atoms with Gasteiger partial charge in [-0.05, 0) is 18.4 Å². The van der Waals surface area contributed by atoms with Gasteiger partial charge >= 0.3 is 5.69 Å². The molecule has 27 heavy (non-hydrogen) atoms. The molecule has 5 heteroatoms. The highest BCUT2D eigenvalue weighted by atomic mass is 16.2. The van der Waals surface area contributed by atoms with Crippen molar-refractivity contribution in [1.82, 2.24) is 13.7 Å². The second-order valence-electron chi connectivity index (χ2n) is 7.72. The van der Waals surface area contributed by atoms with Crippen molar-refractivity contribution in [2.75, 3.05) is 0 Å². The van der Waals surface area contributed by atoms with Crippen molar-refractivity contribution in [3.05, 3.63) is 57.4 Å². The summed E-state index contributed by atoms with van der Waals surface area (Å²) in [6.45, 7) is 0. The van der Waals surface area contributed by atoms with Crippen LogP contribution in [-0.2, 0) is 14.1 Å². The summed E-state index contributed by atoms with van der Waals surface area (Å²) in [4.78, 5) is 25.5. The molecule has 0 atom stereocenters. The number of aryl methyl sites for hydroxylation is 1. The summed E-state index contributed by atoms with van der Waals surface area (Å²) < 4.78 is 5.10. The van der Waals surface area contributed by atoms with Crippen LogP contribution < -0.4 is 11.2 Å². The fourth-order valence-corrected chi connectivity index (χ4v) is 4.45. The van der Waals surface area contributed by atoms with Gasteiger partial charge in [0.2, 0.25) is 0 Å². The van der Waals surface area contributed by atoms with Crippen molar-refractivity contribution in [2.24, 2.45) is 14.1 Å². The van der Waals surface area contributed by atoms with Crippen molar-refractivity contribution in [2.45, 2.75) is 51.0 Å². The van der Waals surface area contributed by atoms with Crippen LogP contribution in [0.3, 0.4) is 0 Å². The molecule has 0 saturated heterocycles. The topological polar surface area (TPSA) is 48.9 Å². The Morgan fingerprint density at radius 3 is 2.15 bits per heavy atom. The number of hydrogen-bond donors (Lipinski definition) is 0. The Hall–Kier alpha value is -2.56. The number of benzene rings is 1. The summed E-state index contributed by atoms with van der Waals surface area (Å²) in [6.07, 6.45) is 10.6. The molecule has 2 heterocycles. The zero-order valence-electron chi connectivity index (χ0n) is 16.1. The molecule has 3 aromatic rings. The molecule has 0 radical (unpaired) electrons. The number of hydrogen-bond acceptors (Lipinski definition) is 2. The van der Waals surface area contributed by atoms with Crippen molar-refractivity contribution in [3.63, 3.8) is 0 Å². The first-order valence-corrected chi connectivity index (χ1v) is 9.95. The molecule has 1 aromatic carbocycles. The predicted octanol–water partition coefficient (Wildman–Crippen LogP) is 3.99. The van der Waals surface area contributed by atoms with Crippen LogP contribution in [0.4, 0.5) is 0 Å². The minimum atomic E-state index is -0.276. The molecule has 0 bridgehead atoms. The van der Waals surface area contributed by atoms with E-state index in [0.717, 1.165) is 29.6 Å². The normalized spacial score (nSPS) is 16.4. The first kappa shape index (κ1) is 17.8. The van der Waals surface area contributed by atoms with Gasteiger partial charge in [-0.2, -0.15) is 0 Å². The monoisotopic (exact) mass is 365 g/mol. The Bertz CT molecular complexity index is 1060. The second-order valence-corrected chi connectivity index (χ2v) is 7.72. The first-order valence-electron chi connectivity index (χ1n) is 9.95. The van der Waals surface area contributed by atoms with Crippen molar-refractivity contribution >= 4 is 10.9 Å². The quantitative estimate of drug-likeness (QED) is 0.689. The average Bonchev–Trinajstić information content (AvgIpc) is 3.06. The summed E-state index contributed by atoms with van der Waals surface area (Å²) >= 11 is 0. The largest absolute Gasteiger partial charge is 0.342 e. The zero-order chi connectivity index (χ0) is 19.0. The van der Waals surface area contributed by atoms with Gasteiger partial charge in [0, 0.05) is 26.3 Å². The highest BCUT2D eigenvalue weighted by Gasteiger charge is 2.23. The van der Waals surface area contributed by atoms with Crippen LogP contribution >= 0.6 is 0 Å². The summed E-state index contributed by atoms with van der Waals surface area (Å²) in [5.41, 5.74) is 2.22. The van der Waals surface area contributed by atoms with E-state index in [1.807, 2.05) is 24.4 Å². The van der Waals surface area contributed by atoms with Gasteiger partial charge in [-0.25, -0.2) is 4.79 Å². The van der Waals surface area contributed by atoms with Gasteiger partial charge in [0.1, 0.15) is 0 Å². The molecule has 0 unspecified atom stereocenters.